The van der Waals surface area contributed by atoms with E-state index < -0.39 is 0 Å². The molecule has 2 aromatic heterocycles. The second-order valence-electron chi connectivity index (χ2n) is 5.95. The van der Waals surface area contributed by atoms with E-state index in [0.717, 1.165) is 35.8 Å². The summed E-state index contributed by atoms with van der Waals surface area (Å²) in [4.78, 5) is 19.7. The number of fused-ring (bicyclic) bond motifs is 1. The monoisotopic (exact) mass is 345 g/mol. The minimum absolute atomic E-state index is 0.0479. The van der Waals surface area contributed by atoms with Crippen LogP contribution in [0.2, 0.25) is 0 Å². The number of carbonyl (C=O) groups excluding carboxylic acids is 1. The minimum atomic E-state index is -0.293. The van der Waals surface area contributed by atoms with E-state index in [9.17, 15) is 9.18 Å². The fourth-order valence-corrected chi connectivity index (χ4v) is 4.21. The number of likely N-dealkylation sites (tertiary alicyclic amines) is 1. The molecule has 1 saturated heterocycles. The van der Waals surface area contributed by atoms with E-state index in [1.807, 2.05) is 4.90 Å². The van der Waals surface area contributed by atoms with Crippen LogP contribution in [0.1, 0.15) is 47.2 Å². The maximum absolute atomic E-state index is 13.4. The molecule has 5 nitrogen and oxygen atoms in total. The van der Waals surface area contributed by atoms with Crippen LogP contribution in [0.5, 0.6) is 0 Å². The lowest BCUT2D eigenvalue weighted by Gasteiger charge is -2.27. The van der Waals surface area contributed by atoms with Crippen molar-refractivity contribution < 1.29 is 13.7 Å². The van der Waals surface area contributed by atoms with Gasteiger partial charge in [-0.25, -0.2) is 4.39 Å². The van der Waals surface area contributed by atoms with Gasteiger partial charge in [0.25, 0.3) is 5.91 Å². The number of nitrogens with zero attached hydrogens (tertiary/aromatic N) is 3. The van der Waals surface area contributed by atoms with E-state index in [1.165, 1.54) is 29.9 Å². The first-order valence-corrected chi connectivity index (χ1v) is 8.80. The number of benzene rings is 1. The Balaban J connectivity index is 1.69. The molecule has 1 fully saturated rings. The zero-order valence-electron chi connectivity index (χ0n) is 12.9. The number of hydrogen-bond donors (Lipinski definition) is 0. The Labute approximate surface area is 142 Å². The lowest BCUT2D eigenvalue weighted by molar-refractivity contribution is 0.0675. The molecule has 1 aliphatic heterocycles. The van der Waals surface area contributed by atoms with Gasteiger partial charge in [-0.2, -0.15) is 4.98 Å². The molecule has 24 heavy (non-hydrogen) atoms. The number of aromatic nitrogens is 2. The van der Waals surface area contributed by atoms with Crippen molar-refractivity contribution in [1.82, 2.24) is 15.0 Å². The van der Waals surface area contributed by atoms with Gasteiger partial charge in [-0.1, -0.05) is 18.0 Å². The third kappa shape index (κ3) is 2.80. The molecule has 0 aliphatic carbocycles. The predicted molar refractivity (Wildman–Crippen MR) is 88.3 cm³/mol. The van der Waals surface area contributed by atoms with Crippen LogP contribution in [-0.2, 0) is 0 Å². The van der Waals surface area contributed by atoms with Crippen LogP contribution in [0, 0.1) is 5.82 Å². The first-order valence-electron chi connectivity index (χ1n) is 7.99. The fourth-order valence-electron chi connectivity index (χ4n) is 3.21. The maximum atomic E-state index is 13.4. The average molecular weight is 345 g/mol. The topological polar surface area (TPSA) is 59.2 Å². The molecule has 124 valence electrons. The largest absolute Gasteiger partial charge is 0.343 e. The lowest BCUT2D eigenvalue weighted by atomic mass is 10.1. The molecule has 1 atom stereocenters. The fraction of sp³-hybridized carbons (Fsp3) is 0.353. The smallest absolute Gasteiger partial charge is 0.264 e. The Hall–Kier alpha value is -2.28. The average Bonchev–Trinajstić information content (AvgIpc) is 3.18. The van der Waals surface area contributed by atoms with Gasteiger partial charge in [0.1, 0.15) is 5.82 Å². The van der Waals surface area contributed by atoms with Gasteiger partial charge in [-0.3, -0.25) is 4.79 Å². The Kier molecular flexibility index (Phi) is 4.02. The normalized spacial score (nSPS) is 18.7. The van der Waals surface area contributed by atoms with Crippen LogP contribution in [-0.4, -0.2) is 27.5 Å². The summed E-state index contributed by atoms with van der Waals surface area (Å²) in [5, 5.41) is 4.69. The highest BCUT2D eigenvalue weighted by atomic mass is 32.1. The summed E-state index contributed by atoms with van der Waals surface area (Å²) in [7, 11) is 0. The minimum Gasteiger partial charge on any atom is -0.343 e. The number of hydrogen-bond acceptors (Lipinski definition) is 5. The van der Waals surface area contributed by atoms with Crippen molar-refractivity contribution in [2.24, 2.45) is 0 Å². The van der Waals surface area contributed by atoms with Gasteiger partial charge >= 0.3 is 0 Å². The third-order valence-corrected chi connectivity index (χ3v) is 5.48. The summed E-state index contributed by atoms with van der Waals surface area (Å²) in [6.45, 7) is 0.667. The van der Waals surface area contributed by atoms with Gasteiger partial charge < -0.3 is 9.42 Å². The second kappa shape index (κ2) is 6.32. The first-order chi connectivity index (χ1) is 11.7. The summed E-state index contributed by atoms with van der Waals surface area (Å²) in [6, 6.07) is 6.19. The van der Waals surface area contributed by atoms with Gasteiger partial charge in [0.05, 0.1) is 10.9 Å². The quantitative estimate of drug-likeness (QED) is 0.699. The molecular weight excluding hydrogens is 329 g/mol. The molecule has 1 aliphatic rings. The van der Waals surface area contributed by atoms with E-state index in [2.05, 4.69) is 10.1 Å². The molecule has 0 N–H and O–H groups in total. The molecule has 4 rings (SSSR count). The van der Waals surface area contributed by atoms with Crippen LogP contribution in [0.25, 0.3) is 10.1 Å². The van der Waals surface area contributed by atoms with E-state index in [4.69, 9.17) is 4.52 Å². The number of amides is 1. The number of thiophene rings is 1. The molecule has 7 heteroatoms. The molecule has 0 bridgehead atoms. The standard InChI is InChI=1S/C17H16FN3O2S/c18-12-5-6-14-11(8-12)9-15(24-14)17(22)21-7-3-1-2-4-13(21)16-19-10-23-20-16/h5-6,8-10,13H,1-4,7H2. The summed E-state index contributed by atoms with van der Waals surface area (Å²) in [5.41, 5.74) is 0. The lowest BCUT2D eigenvalue weighted by Crippen LogP contribution is -2.34. The van der Waals surface area contributed by atoms with Crippen molar-refractivity contribution in [3.05, 3.63) is 47.2 Å². The Morgan fingerprint density at radius 1 is 1.29 bits per heavy atom. The summed E-state index contributed by atoms with van der Waals surface area (Å²) in [5.74, 6) is 0.212. The molecule has 3 aromatic rings. The SMILES string of the molecule is O=C(c1cc2cc(F)ccc2s1)N1CCCCCC1c1ncon1. The maximum Gasteiger partial charge on any atom is 0.264 e. The van der Waals surface area contributed by atoms with Crippen LogP contribution < -0.4 is 0 Å². The van der Waals surface area contributed by atoms with Crippen molar-refractivity contribution in [3.8, 4) is 0 Å². The van der Waals surface area contributed by atoms with Crippen LogP contribution in [0.3, 0.4) is 0 Å². The van der Waals surface area contributed by atoms with Crippen molar-refractivity contribution >= 4 is 27.3 Å². The zero-order chi connectivity index (χ0) is 16.5. The highest BCUT2D eigenvalue weighted by molar-refractivity contribution is 7.20. The van der Waals surface area contributed by atoms with Crippen LogP contribution >= 0.6 is 11.3 Å². The summed E-state index contributed by atoms with van der Waals surface area (Å²) < 4.78 is 19.2. The zero-order valence-corrected chi connectivity index (χ0v) is 13.8. The van der Waals surface area contributed by atoms with Crippen molar-refractivity contribution in [2.75, 3.05) is 6.54 Å². The van der Waals surface area contributed by atoms with Gasteiger partial charge in [0.15, 0.2) is 5.82 Å². The van der Waals surface area contributed by atoms with Gasteiger partial charge in [-0.15, -0.1) is 11.3 Å². The molecule has 0 spiro atoms. The van der Waals surface area contributed by atoms with E-state index in [1.54, 1.807) is 12.1 Å². The number of halogens is 1. The second-order valence-corrected chi connectivity index (χ2v) is 7.03. The first kappa shape index (κ1) is 15.3. The highest BCUT2D eigenvalue weighted by Gasteiger charge is 2.31. The van der Waals surface area contributed by atoms with Crippen LogP contribution in [0.15, 0.2) is 35.2 Å². The molecule has 1 amide bonds. The highest BCUT2D eigenvalue weighted by Crippen LogP contribution is 2.33. The van der Waals surface area contributed by atoms with Gasteiger partial charge in [-0.05, 0) is 42.5 Å². The third-order valence-electron chi connectivity index (χ3n) is 4.38. The molecule has 0 saturated carbocycles. The summed E-state index contributed by atoms with van der Waals surface area (Å²) >= 11 is 1.39. The van der Waals surface area contributed by atoms with E-state index in [0.29, 0.717) is 17.2 Å². The molecule has 3 heterocycles. The summed E-state index contributed by atoms with van der Waals surface area (Å²) in [6.07, 6.45) is 5.19. The van der Waals surface area contributed by atoms with Crippen molar-refractivity contribution in [2.45, 2.75) is 31.7 Å². The van der Waals surface area contributed by atoms with Crippen LogP contribution in [0.4, 0.5) is 4.39 Å². The van der Waals surface area contributed by atoms with E-state index in [-0.39, 0.29) is 17.8 Å². The Morgan fingerprint density at radius 3 is 3.04 bits per heavy atom. The van der Waals surface area contributed by atoms with Gasteiger partial charge in [0.2, 0.25) is 6.39 Å². The number of rotatable bonds is 2. The molecule has 1 unspecified atom stereocenters. The van der Waals surface area contributed by atoms with Gasteiger partial charge in [0, 0.05) is 11.2 Å². The molecule has 0 radical (unpaired) electrons. The van der Waals surface area contributed by atoms with E-state index >= 15 is 0 Å². The molecular formula is C17H16FN3O2S. The number of carbonyl (C=O) groups is 1. The predicted octanol–water partition coefficient (Wildman–Crippen LogP) is 4.18. The van der Waals surface area contributed by atoms with Crippen molar-refractivity contribution in [3.63, 3.8) is 0 Å². The molecule has 1 aromatic carbocycles. The Bertz CT molecular complexity index is 862. The Morgan fingerprint density at radius 2 is 2.21 bits per heavy atom. The van der Waals surface area contributed by atoms with Crippen molar-refractivity contribution in [1.29, 1.82) is 0 Å².